The quantitative estimate of drug-likeness (QED) is 0.181. The van der Waals surface area contributed by atoms with Crippen LogP contribution in [0.3, 0.4) is 0 Å². The van der Waals surface area contributed by atoms with Crippen LogP contribution in [0.5, 0.6) is 0 Å². The van der Waals surface area contributed by atoms with Crippen LogP contribution in [0.25, 0.3) is 5.57 Å². The van der Waals surface area contributed by atoms with Crippen LogP contribution in [-0.4, -0.2) is 8.07 Å². The van der Waals surface area contributed by atoms with E-state index in [0.717, 1.165) is 24.8 Å². The van der Waals surface area contributed by atoms with Crippen molar-refractivity contribution in [1.29, 1.82) is 0 Å². The molecular weight excluding hydrogens is 475 g/mol. The van der Waals surface area contributed by atoms with Gasteiger partial charge in [-0.3, -0.25) is 0 Å². The van der Waals surface area contributed by atoms with E-state index in [1.807, 2.05) is 0 Å². The predicted octanol–water partition coefficient (Wildman–Crippen LogP) is 6.33. The fraction of sp³-hybridized carbons (Fsp3) is 0.333. The molecule has 23 heavy (non-hydrogen) atoms. The van der Waals surface area contributed by atoms with Gasteiger partial charge in [-0.05, 0) is 49.0 Å². The molecule has 1 aliphatic rings. The standard InChI is InChI=1S/C19H24Si.2CH3.Pt/c1-20(2,3)16-15-17-11-13-19(14-12-17)18-9-7-5-4-6-8-10-18;;;/h4-5,10-14H,6-9H2,1-3H3;2*1H3;/q;2*-1;+2/b5-4-,18-10-;;;. The summed E-state index contributed by atoms with van der Waals surface area (Å²) in [7, 11) is -1.28. The van der Waals surface area contributed by atoms with Gasteiger partial charge in [0.05, 0.1) is 0 Å². The fourth-order valence-electron chi connectivity index (χ4n) is 2.22. The molecule has 0 unspecified atom stereocenters. The maximum absolute atomic E-state index is 3.42. The first-order valence-electron chi connectivity index (χ1n) is 7.52. The summed E-state index contributed by atoms with van der Waals surface area (Å²) in [5.74, 6) is 3.32. The minimum Gasteiger partial charge on any atom is -0.358 e. The van der Waals surface area contributed by atoms with Crippen molar-refractivity contribution in [2.75, 3.05) is 0 Å². The van der Waals surface area contributed by atoms with Gasteiger partial charge in [0.15, 0.2) is 0 Å². The number of benzene rings is 1. The Morgan fingerprint density at radius 1 is 0.870 bits per heavy atom. The second kappa shape index (κ2) is 11.7. The van der Waals surface area contributed by atoms with Gasteiger partial charge in [-0.2, -0.15) is 0 Å². The maximum atomic E-state index is 3.42. The zero-order chi connectivity index (χ0) is 14.4. The van der Waals surface area contributed by atoms with Crippen LogP contribution in [0.2, 0.25) is 19.6 Å². The number of hydrogen-bond donors (Lipinski definition) is 0. The van der Waals surface area contributed by atoms with Crippen molar-refractivity contribution in [3.05, 3.63) is 68.5 Å². The summed E-state index contributed by atoms with van der Waals surface area (Å²) in [6, 6.07) is 8.78. The van der Waals surface area contributed by atoms with E-state index in [1.54, 1.807) is 0 Å². The van der Waals surface area contributed by atoms with E-state index in [1.165, 1.54) is 17.6 Å². The van der Waals surface area contributed by atoms with Gasteiger partial charge in [-0.25, -0.2) is 0 Å². The predicted molar refractivity (Wildman–Crippen MR) is 105 cm³/mol. The molecule has 0 radical (unpaired) electrons. The van der Waals surface area contributed by atoms with Crippen LogP contribution in [0.1, 0.15) is 36.8 Å². The largest absolute Gasteiger partial charge is 2.00 e. The SMILES string of the molecule is C[Si](C)(C)C#Cc1ccc(/C2=C\CC/C=C\CC2)cc1.[CH3-].[CH3-].[Pt+2]. The Morgan fingerprint density at radius 2 is 1.48 bits per heavy atom. The molecule has 2 heteroatoms. The third kappa shape index (κ3) is 9.14. The monoisotopic (exact) mass is 505 g/mol. The van der Waals surface area contributed by atoms with E-state index < -0.39 is 8.07 Å². The van der Waals surface area contributed by atoms with Gasteiger partial charge in [0, 0.05) is 5.56 Å². The summed E-state index contributed by atoms with van der Waals surface area (Å²) in [6.07, 6.45) is 11.6. The van der Waals surface area contributed by atoms with Crippen molar-refractivity contribution >= 4 is 13.6 Å². The molecule has 0 aromatic heterocycles. The van der Waals surface area contributed by atoms with E-state index in [0.29, 0.717) is 0 Å². The van der Waals surface area contributed by atoms with E-state index in [4.69, 9.17) is 0 Å². The van der Waals surface area contributed by atoms with Crippen molar-refractivity contribution in [1.82, 2.24) is 0 Å². The van der Waals surface area contributed by atoms with Crippen LogP contribution in [0.4, 0.5) is 0 Å². The number of rotatable bonds is 1. The molecule has 0 amide bonds. The van der Waals surface area contributed by atoms with Crippen molar-refractivity contribution in [2.45, 2.75) is 45.3 Å². The average Bonchev–Trinajstić information content (AvgIpc) is 2.36. The summed E-state index contributed by atoms with van der Waals surface area (Å²) in [5.41, 5.74) is 7.41. The third-order valence-corrected chi connectivity index (χ3v) is 4.18. The van der Waals surface area contributed by atoms with Crippen LogP contribution in [-0.2, 0) is 21.1 Å². The Kier molecular flexibility index (Phi) is 12.4. The molecule has 128 valence electrons. The molecular formula is C21H30PtSi. The van der Waals surface area contributed by atoms with Gasteiger partial charge < -0.3 is 14.9 Å². The van der Waals surface area contributed by atoms with Crippen LogP contribution in [0.15, 0.2) is 42.5 Å². The smallest absolute Gasteiger partial charge is 0.358 e. The van der Waals surface area contributed by atoms with Gasteiger partial charge in [0.2, 0.25) is 0 Å². The number of hydrogen-bond acceptors (Lipinski definition) is 0. The van der Waals surface area contributed by atoms with Gasteiger partial charge in [-0.15, -0.1) is 5.54 Å². The molecule has 1 aromatic rings. The third-order valence-electron chi connectivity index (χ3n) is 3.31. The minimum atomic E-state index is -1.28. The van der Waals surface area contributed by atoms with Crippen molar-refractivity contribution in [2.24, 2.45) is 0 Å². The molecule has 0 nitrogen and oxygen atoms in total. The molecule has 2 rings (SSSR count). The molecule has 1 aliphatic carbocycles. The zero-order valence-electron chi connectivity index (χ0n) is 15.2. The first-order valence-corrected chi connectivity index (χ1v) is 11.0. The Morgan fingerprint density at radius 3 is 2.09 bits per heavy atom. The summed E-state index contributed by atoms with van der Waals surface area (Å²) in [6.45, 7) is 6.84. The molecule has 0 N–H and O–H groups in total. The molecule has 0 bridgehead atoms. The normalized spacial score (nSPS) is 17.3. The van der Waals surface area contributed by atoms with E-state index in [-0.39, 0.29) is 35.9 Å². The summed E-state index contributed by atoms with van der Waals surface area (Å²) in [5, 5.41) is 0. The van der Waals surface area contributed by atoms with E-state index in [9.17, 15) is 0 Å². The molecule has 0 atom stereocenters. The fourth-order valence-corrected chi connectivity index (χ4v) is 2.74. The molecule has 0 spiro atoms. The van der Waals surface area contributed by atoms with E-state index >= 15 is 0 Å². The van der Waals surface area contributed by atoms with Crippen LogP contribution >= 0.6 is 0 Å². The molecule has 0 saturated heterocycles. The van der Waals surface area contributed by atoms with E-state index in [2.05, 4.69) is 73.6 Å². The Balaban J connectivity index is 0. The average molecular weight is 506 g/mol. The second-order valence-corrected chi connectivity index (χ2v) is 11.1. The van der Waals surface area contributed by atoms with Gasteiger partial charge >= 0.3 is 21.1 Å². The van der Waals surface area contributed by atoms with Crippen molar-refractivity contribution in [3.63, 3.8) is 0 Å². The van der Waals surface area contributed by atoms with Crippen LogP contribution < -0.4 is 0 Å². The first-order chi connectivity index (χ1) is 9.54. The maximum Gasteiger partial charge on any atom is 2.00 e. The van der Waals surface area contributed by atoms with Gasteiger partial charge in [-0.1, -0.05) is 55.9 Å². The molecule has 0 saturated carbocycles. The van der Waals surface area contributed by atoms with Gasteiger partial charge in [0.1, 0.15) is 8.07 Å². The number of allylic oxidation sites excluding steroid dienone is 4. The Labute approximate surface area is 159 Å². The Hall–Kier alpha value is -0.835. The van der Waals surface area contributed by atoms with Gasteiger partial charge in [0.25, 0.3) is 0 Å². The zero-order valence-corrected chi connectivity index (χ0v) is 18.5. The second-order valence-electron chi connectivity index (χ2n) is 6.39. The van der Waals surface area contributed by atoms with Crippen molar-refractivity contribution in [3.8, 4) is 11.5 Å². The molecule has 0 aliphatic heterocycles. The topological polar surface area (TPSA) is 0 Å². The van der Waals surface area contributed by atoms with Crippen molar-refractivity contribution < 1.29 is 21.1 Å². The molecule has 1 aromatic carbocycles. The Bertz CT molecular complexity index is 563. The molecule has 0 heterocycles. The molecule has 0 fully saturated rings. The summed E-state index contributed by atoms with van der Waals surface area (Å²) < 4.78 is 0. The first kappa shape index (κ1) is 24.4. The minimum absolute atomic E-state index is 0. The summed E-state index contributed by atoms with van der Waals surface area (Å²) >= 11 is 0. The summed E-state index contributed by atoms with van der Waals surface area (Å²) in [4.78, 5) is 0. The van der Waals surface area contributed by atoms with Crippen LogP contribution in [0, 0.1) is 26.3 Å².